The Morgan fingerprint density at radius 3 is 2.14 bits per heavy atom. The molecule has 0 fully saturated rings. The highest BCUT2D eigenvalue weighted by Crippen LogP contribution is 2.25. The minimum absolute atomic E-state index is 0.0371. The predicted octanol–water partition coefficient (Wildman–Crippen LogP) is 2.30. The molecule has 2 aromatic rings. The zero-order chi connectivity index (χ0) is 15.5. The third-order valence-corrected chi connectivity index (χ3v) is 4.65. The Labute approximate surface area is 124 Å². The molecular weight excluding hydrogens is 288 g/mol. The van der Waals surface area contributed by atoms with Gasteiger partial charge in [-0.25, -0.2) is 8.42 Å². The molecule has 1 heterocycles. The molecule has 5 nitrogen and oxygen atoms in total. The lowest BCUT2D eigenvalue weighted by Crippen LogP contribution is -2.17. The Bertz CT molecular complexity index is 752. The van der Waals surface area contributed by atoms with Crippen LogP contribution in [0.15, 0.2) is 46.2 Å². The molecule has 0 saturated heterocycles. The van der Waals surface area contributed by atoms with Crippen molar-refractivity contribution in [3.05, 3.63) is 58.0 Å². The number of aromatic nitrogens is 1. The lowest BCUT2D eigenvalue weighted by Gasteiger charge is -2.15. The molecule has 0 aliphatic carbocycles. The lowest BCUT2D eigenvalue weighted by molar-refractivity contribution is 0.600. The van der Waals surface area contributed by atoms with E-state index in [-0.39, 0.29) is 10.5 Å². The monoisotopic (exact) mass is 306 g/mol. The highest BCUT2D eigenvalue weighted by atomic mass is 32.2. The van der Waals surface area contributed by atoms with Crippen LogP contribution in [0.1, 0.15) is 25.0 Å². The van der Waals surface area contributed by atoms with Crippen molar-refractivity contribution in [3.8, 4) is 0 Å². The van der Waals surface area contributed by atoms with Gasteiger partial charge in [0.05, 0.1) is 5.69 Å². The average molecular weight is 306 g/mol. The van der Waals surface area contributed by atoms with Gasteiger partial charge in [-0.15, -0.1) is 0 Å². The zero-order valence-corrected chi connectivity index (χ0v) is 12.8. The fourth-order valence-corrected chi connectivity index (χ4v) is 3.24. The van der Waals surface area contributed by atoms with Gasteiger partial charge in [-0.1, -0.05) is 32.0 Å². The van der Waals surface area contributed by atoms with Crippen molar-refractivity contribution in [2.75, 3.05) is 4.72 Å². The topological polar surface area (TPSA) is 79.0 Å². The molecule has 0 amide bonds. The van der Waals surface area contributed by atoms with Crippen LogP contribution in [0.2, 0.25) is 0 Å². The van der Waals surface area contributed by atoms with Gasteiger partial charge >= 0.3 is 0 Å². The molecule has 0 saturated carbocycles. The second-order valence-electron chi connectivity index (χ2n) is 4.65. The van der Waals surface area contributed by atoms with Gasteiger partial charge in [0.25, 0.3) is 10.0 Å². The Morgan fingerprint density at radius 2 is 1.67 bits per heavy atom. The summed E-state index contributed by atoms with van der Waals surface area (Å²) in [4.78, 5) is 13.4. The van der Waals surface area contributed by atoms with Crippen LogP contribution in [0.25, 0.3) is 0 Å². The first-order valence-electron chi connectivity index (χ1n) is 6.80. The van der Waals surface area contributed by atoms with Crippen molar-refractivity contribution in [2.45, 2.75) is 31.6 Å². The molecule has 1 aromatic heterocycles. The number of pyridine rings is 1. The number of para-hydroxylation sites is 1. The summed E-state index contributed by atoms with van der Waals surface area (Å²) < 4.78 is 27.5. The van der Waals surface area contributed by atoms with Gasteiger partial charge in [0.1, 0.15) is 4.90 Å². The van der Waals surface area contributed by atoms with E-state index in [0.717, 1.165) is 24.0 Å². The molecule has 0 unspecified atom stereocenters. The summed E-state index contributed by atoms with van der Waals surface area (Å²) in [6, 6.07) is 8.23. The minimum atomic E-state index is -3.72. The number of hydrogen-bond donors (Lipinski definition) is 2. The van der Waals surface area contributed by atoms with Crippen LogP contribution in [0.4, 0.5) is 5.69 Å². The standard InChI is InChI=1S/C15H18N2O3S/c1-3-11-6-5-7-12(4-2)15(11)17-21(19,20)13-8-9-14(18)16-10-13/h5-10,17H,3-4H2,1-2H3,(H,16,18). The normalized spacial score (nSPS) is 11.3. The first-order valence-corrected chi connectivity index (χ1v) is 8.28. The molecule has 0 aliphatic heterocycles. The largest absolute Gasteiger partial charge is 0.328 e. The van der Waals surface area contributed by atoms with Crippen molar-refractivity contribution in [2.24, 2.45) is 0 Å². The summed E-state index contributed by atoms with van der Waals surface area (Å²) >= 11 is 0. The van der Waals surface area contributed by atoms with Crippen molar-refractivity contribution in [3.63, 3.8) is 0 Å². The second kappa shape index (κ2) is 6.13. The summed E-state index contributed by atoms with van der Waals surface area (Å²) in [5, 5.41) is 0. The number of nitrogens with one attached hydrogen (secondary N) is 2. The number of rotatable bonds is 5. The number of benzene rings is 1. The number of H-pyrrole nitrogens is 1. The Kier molecular flexibility index (Phi) is 4.47. The molecule has 0 atom stereocenters. The van der Waals surface area contributed by atoms with Crippen molar-refractivity contribution < 1.29 is 8.42 Å². The van der Waals surface area contributed by atoms with Gasteiger partial charge in [-0.3, -0.25) is 9.52 Å². The average Bonchev–Trinajstić information content (AvgIpc) is 2.47. The van der Waals surface area contributed by atoms with Crippen molar-refractivity contribution >= 4 is 15.7 Å². The van der Waals surface area contributed by atoms with Gasteiger partial charge in [-0.05, 0) is 30.0 Å². The van der Waals surface area contributed by atoms with E-state index in [0.29, 0.717) is 5.69 Å². The Morgan fingerprint density at radius 1 is 1.05 bits per heavy atom. The van der Waals surface area contributed by atoms with Gasteiger partial charge in [-0.2, -0.15) is 0 Å². The van der Waals surface area contributed by atoms with E-state index in [2.05, 4.69) is 9.71 Å². The van der Waals surface area contributed by atoms with E-state index in [9.17, 15) is 13.2 Å². The molecule has 0 bridgehead atoms. The minimum Gasteiger partial charge on any atom is -0.328 e. The van der Waals surface area contributed by atoms with Gasteiger partial charge in [0, 0.05) is 12.3 Å². The van der Waals surface area contributed by atoms with Crippen LogP contribution in [-0.2, 0) is 22.9 Å². The smallest absolute Gasteiger partial charge is 0.263 e. The van der Waals surface area contributed by atoms with Crippen LogP contribution in [0.3, 0.4) is 0 Å². The number of anilines is 1. The van der Waals surface area contributed by atoms with Gasteiger partial charge in [0.15, 0.2) is 0 Å². The molecule has 6 heteroatoms. The molecule has 21 heavy (non-hydrogen) atoms. The summed E-state index contributed by atoms with van der Waals surface area (Å²) in [7, 11) is -3.72. The molecular formula is C15H18N2O3S. The molecule has 112 valence electrons. The maximum Gasteiger partial charge on any atom is 0.263 e. The number of sulfonamides is 1. The Balaban J connectivity index is 2.45. The molecule has 0 spiro atoms. The van der Waals surface area contributed by atoms with E-state index in [1.54, 1.807) is 0 Å². The van der Waals surface area contributed by atoms with E-state index in [4.69, 9.17) is 0 Å². The molecule has 2 N–H and O–H groups in total. The van der Waals surface area contributed by atoms with E-state index >= 15 is 0 Å². The fraction of sp³-hybridized carbons (Fsp3) is 0.267. The molecule has 0 radical (unpaired) electrons. The quantitative estimate of drug-likeness (QED) is 0.889. The molecule has 1 aromatic carbocycles. The third kappa shape index (κ3) is 3.33. The SMILES string of the molecule is CCc1cccc(CC)c1NS(=O)(=O)c1ccc(=O)[nH]c1. The van der Waals surface area contributed by atoms with Crippen LogP contribution in [0.5, 0.6) is 0 Å². The third-order valence-electron chi connectivity index (χ3n) is 3.30. The summed E-state index contributed by atoms with van der Waals surface area (Å²) in [5.74, 6) is 0. The number of aromatic amines is 1. The van der Waals surface area contributed by atoms with Crippen LogP contribution < -0.4 is 10.3 Å². The summed E-state index contributed by atoms with van der Waals surface area (Å²) in [5.41, 5.74) is 2.19. The van der Waals surface area contributed by atoms with Crippen molar-refractivity contribution in [1.29, 1.82) is 0 Å². The maximum atomic E-state index is 12.4. The van der Waals surface area contributed by atoms with Crippen LogP contribution in [-0.4, -0.2) is 13.4 Å². The lowest BCUT2D eigenvalue weighted by atomic mass is 10.0. The van der Waals surface area contributed by atoms with E-state index in [1.807, 2.05) is 32.0 Å². The second-order valence-corrected chi connectivity index (χ2v) is 6.33. The first-order chi connectivity index (χ1) is 9.97. The highest BCUT2D eigenvalue weighted by molar-refractivity contribution is 7.92. The number of hydrogen-bond acceptors (Lipinski definition) is 3. The predicted molar refractivity (Wildman–Crippen MR) is 83.1 cm³/mol. The van der Waals surface area contributed by atoms with Crippen LogP contribution >= 0.6 is 0 Å². The zero-order valence-electron chi connectivity index (χ0n) is 12.0. The van der Waals surface area contributed by atoms with E-state index < -0.39 is 10.0 Å². The fourth-order valence-electron chi connectivity index (χ4n) is 2.13. The van der Waals surface area contributed by atoms with Crippen molar-refractivity contribution in [1.82, 2.24) is 4.98 Å². The van der Waals surface area contributed by atoms with Gasteiger partial charge < -0.3 is 4.98 Å². The number of aryl methyl sites for hydroxylation is 2. The first kappa shape index (κ1) is 15.3. The van der Waals surface area contributed by atoms with Gasteiger partial charge in [0.2, 0.25) is 5.56 Å². The summed E-state index contributed by atoms with van der Waals surface area (Å²) in [6.45, 7) is 3.96. The maximum absolute atomic E-state index is 12.4. The highest BCUT2D eigenvalue weighted by Gasteiger charge is 2.17. The summed E-state index contributed by atoms with van der Waals surface area (Å²) in [6.07, 6.45) is 2.67. The van der Waals surface area contributed by atoms with E-state index in [1.165, 1.54) is 18.3 Å². The molecule has 2 rings (SSSR count). The molecule has 0 aliphatic rings. The van der Waals surface area contributed by atoms with Crippen LogP contribution in [0, 0.1) is 0 Å². The Hall–Kier alpha value is -2.08.